The number of ether oxygens (including phenoxy) is 1. The molecule has 54 heavy (non-hydrogen) atoms. The van der Waals surface area contributed by atoms with Crippen molar-refractivity contribution < 1.29 is 65.8 Å². The van der Waals surface area contributed by atoms with E-state index in [2.05, 4.69) is 6.92 Å². The Kier molecular flexibility index (Phi) is 23.2. The van der Waals surface area contributed by atoms with E-state index in [1.54, 1.807) is 4.90 Å². The van der Waals surface area contributed by atoms with E-state index in [0.717, 1.165) is 103 Å². The van der Waals surface area contributed by atoms with Crippen molar-refractivity contribution in [2.24, 2.45) is 0 Å². The van der Waals surface area contributed by atoms with Gasteiger partial charge in [0, 0.05) is 13.0 Å². The molecule has 0 bridgehead atoms. The van der Waals surface area contributed by atoms with E-state index < -0.39 is 55.6 Å². The van der Waals surface area contributed by atoms with E-state index >= 15 is 0 Å². The van der Waals surface area contributed by atoms with Crippen molar-refractivity contribution in [3.63, 3.8) is 0 Å². The van der Waals surface area contributed by atoms with E-state index in [4.69, 9.17) is 17.3 Å². The molecule has 2 fully saturated rings. The summed E-state index contributed by atoms with van der Waals surface area (Å²) in [6.07, 6.45) is 11.7. The van der Waals surface area contributed by atoms with Gasteiger partial charge in [0.1, 0.15) is 30.5 Å². The average Bonchev–Trinajstić information content (AvgIpc) is 3.57. The van der Waals surface area contributed by atoms with Crippen LogP contribution in [0.5, 0.6) is 0 Å². The summed E-state index contributed by atoms with van der Waals surface area (Å²) in [4.78, 5) is 28.0. The Morgan fingerprint density at radius 1 is 0.593 bits per heavy atom. The number of amides is 1. The maximum atomic E-state index is 13.3. The molecule has 16 nitrogen and oxygen atoms in total. The zero-order valence-corrected chi connectivity index (χ0v) is 34.3. The SMILES string of the molecule is CCCC[C@H]1CCCCCCCCC[C@H](OS(=O)(=O)O)[C@H](OS(=O)(=O)O)[C@@H](OS(=O)(=O)O)CCCCCCCCCCCCC(=O)N2CCC[C@H]2C(=O)O1. The lowest BCUT2D eigenvalue weighted by atomic mass is 9.97. The topological polar surface area (TPSA) is 237 Å². The Bertz CT molecular complexity index is 1410. The summed E-state index contributed by atoms with van der Waals surface area (Å²) in [7, 11) is -15.7. The number of rotatable bonds is 9. The zero-order chi connectivity index (χ0) is 40.0. The first-order chi connectivity index (χ1) is 25.5. The Labute approximate surface area is 323 Å². The minimum absolute atomic E-state index is 0.0146. The molecule has 2 saturated heterocycles. The molecule has 0 spiro atoms. The molecule has 3 N–H and O–H groups in total. The van der Waals surface area contributed by atoms with Gasteiger partial charge in [0.05, 0.1) is 0 Å². The van der Waals surface area contributed by atoms with Crippen LogP contribution in [0.25, 0.3) is 0 Å². The third-order valence-electron chi connectivity index (χ3n) is 10.1. The van der Waals surface area contributed by atoms with Crippen LogP contribution in [0.4, 0.5) is 0 Å². The maximum Gasteiger partial charge on any atom is 0.397 e. The first kappa shape index (κ1) is 48.7. The Morgan fingerprint density at radius 2 is 1.02 bits per heavy atom. The van der Waals surface area contributed by atoms with Crippen LogP contribution in [-0.4, -0.2) is 92.7 Å². The molecule has 1 amide bonds. The van der Waals surface area contributed by atoms with Gasteiger partial charge >= 0.3 is 37.2 Å². The number of nitrogens with zero attached hydrogens (tertiary/aromatic N) is 1. The van der Waals surface area contributed by atoms with E-state index in [9.17, 15) is 48.5 Å². The van der Waals surface area contributed by atoms with Crippen molar-refractivity contribution in [1.82, 2.24) is 4.90 Å². The zero-order valence-electron chi connectivity index (χ0n) is 31.9. The predicted octanol–water partition coefficient (Wildman–Crippen LogP) is 6.85. The van der Waals surface area contributed by atoms with Gasteiger partial charge in [-0.25, -0.2) is 17.3 Å². The summed E-state index contributed by atoms with van der Waals surface area (Å²) in [5.74, 6) is -0.293. The number of esters is 1. The number of unbranched alkanes of at least 4 members (excludes halogenated alkanes) is 1. The molecule has 2 rings (SSSR count). The molecule has 0 saturated carbocycles. The highest BCUT2D eigenvalue weighted by Gasteiger charge is 2.40. The predicted molar refractivity (Wildman–Crippen MR) is 200 cm³/mol. The van der Waals surface area contributed by atoms with Crippen LogP contribution >= 0.6 is 0 Å². The summed E-state index contributed by atoms with van der Waals surface area (Å²) >= 11 is 0. The third-order valence-corrected chi connectivity index (χ3v) is 11.6. The fourth-order valence-corrected chi connectivity index (χ4v) is 8.94. The number of hydrogen-bond acceptors (Lipinski definition) is 12. The number of carbonyl (C=O) groups is 2. The van der Waals surface area contributed by atoms with Gasteiger partial charge in [0.15, 0.2) is 0 Å². The standard InChI is InChI=1S/C35H65NO15S3/c1-2-3-22-29-23-17-13-9-8-11-15-19-26-32(50-53(42,43)44)34(51-54(45,46)47)31(49-52(39,40)41)25-18-14-10-6-4-5-7-12-16-20-27-33(37)36-28-21-24-30(36)35(38)48-29/h29-32,34H,2-28H2,1H3,(H,39,40,41)(H,42,43,44)(H,45,46,47)/t29-,30-,31-,32-,34+/m0/s1. The smallest absolute Gasteiger partial charge is 0.397 e. The van der Waals surface area contributed by atoms with E-state index in [-0.39, 0.29) is 43.7 Å². The molecule has 0 aliphatic carbocycles. The lowest BCUT2D eigenvalue weighted by Gasteiger charge is -2.30. The minimum atomic E-state index is -5.31. The van der Waals surface area contributed by atoms with E-state index in [0.29, 0.717) is 45.1 Å². The number of fused-ring (bicyclic) bond motifs is 1. The third kappa shape index (κ3) is 22.3. The maximum absolute atomic E-state index is 13.3. The highest BCUT2D eigenvalue weighted by molar-refractivity contribution is 7.81. The van der Waals surface area contributed by atoms with Crippen LogP contribution in [0.2, 0.25) is 0 Å². The van der Waals surface area contributed by atoms with Crippen molar-refractivity contribution in [2.45, 2.75) is 204 Å². The first-order valence-electron chi connectivity index (χ1n) is 20.0. The van der Waals surface area contributed by atoms with Gasteiger partial charge < -0.3 is 9.64 Å². The second kappa shape index (κ2) is 25.7. The second-order valence-electron chi connectivity index (χ2n) is 14.7. The summed E-state index contributed by atoms with van der Waals surface area (Å²) in [6.45, 7) is 2.66. The molecule has 0 radical (unpaired) electrons. The molecule has 2 aliphatic heterocycles. The van der Waals surface area contributed by atoms with Crippen LogP contribution in [0.3, 0.4) is 0 Å². The van der Waals surface area contributed by atoms with Crippen molar-refractivity contribution in [2.75, 3.05) is 6.54 Å². The van der Waals surface area contributed by atoms with Crippen molar-refractivity contribution >= 4 is 43.1 Å². The molecular formula is C35H65NO15S3. The van der Waals surface area contributed by atoms with Crippen LogP contribution in [0.1, 0.15) is 174 Å². The summed E-state index contributed by atoms with van der Waals surface area (Å²) < 4.78 is 119. The van der Waals surface area contributed by atoms with Crippen molar-refractivity contribution in [3.8, 4) is 0 Å². The molecule has 0 aromatic heterocycles. The van der Waals surface area contributed by atoms with Crippen LogP contribution in [-0.2, 0) is 58.1 Å². The average molecular weight is 836 g/mol. The van der Waals surface area contributed by atoms with Crippen LogP contribution < -0.4 is 0 Å². The van der Waals surface area contributed by atoms with E-state index in [1.807, 2.05) is 0 Å². The quantitative estimate of drug-likeness (QED) is 0.159. The summed E-state index contributed by atoms with van der Waals surface area (Å²) in [5, 5.41) is 0. The molecule has 0 aromatic carbocycles. The highest BCUT2D eigenvalue weighted by atomic mass is 32.3. The molecular weight excluding hydrogens is 771 g/mol. The van der Waals surface area contributed by atoms with Gasteiger partial charge in [-0.15, -0.1) is 0 Å². The van der Waals surface area contributed by atoms with Gasteiger partial charge in [-0.2, -0.15) is 25.3 Å². The fraction of sp³-hybridized carbons (Fsp3) is 0.943. The monoisotopic (exact) mass is 835 g/mol. The summed E-state index contributed by atoms with van der Waals surface area (Å²) in [6, 6.07) is -0.513. The Morgan fingerprint density at radius 3 is 1.46 bits per heavy atom. The van der Waals surface area contributed by atoms with Gasteiger partial charge in [0.25, 0.3) is 0 Å². The highest BCUT2D eigenvalue weighted by Crippen LogP contribution is 2.27. The van der Waals surface area contributed by atoms with Gasteiger partial charge in [0.2, 0.25) is 5.91 Å². The van der Waals surface area contributed by atoms with Crippen LogP contribution in [0, 0.1) is 0 Å². The van der Waals surface area contributed by atoms with Gasteiger partial charge in [-0.1, -0.05) is 116 Å². The van der Waals surface area contributed by atoms with Crippen LogP contribution in [0.15, 0.2) is 0 Å². The Hall–Kier alpha value is -1.45. The normalized spacial score (nSPS) is 27.5. The first-order valence-corrected chi connectivity index (χ1v) is 24.1. The number of carbonyl (C=O) groups excluding carboxylic acids is 2. The lowest BCUT2D eigenvalue weighted by molar-refractivity contribution is -0.158. The van der Waals surface area contributed by atoms with Crippen molar-refractivity contribution in [3.05, 3.63) is 0 Å². The number of cyclic esters (lactones) is 1. The molecule has 5 atom stereocenters. The molecule has 318 valence electrons. The fourth-order valence-electron chi connectivity index (χ4n) is 7.38. The molecule has 2 aliphatic rings. The lowest BCUT2D eigenvalue weighted by Crippen LogP contribution is -2.45. The van der Waals surface area contributed by atoms with Crippen molar-refractivity contribution in [1.29, 1.82) is 0 Å². The molecule has 2 heterocycles. The minimum Gasteiger partial charge on any atom is -0.461 e. The Balaban J connectivity index is 2.14. The number of hydrogen-bond donors (Lipinski definition) is 3. The molecule has 19 heteroatoms. The second-order valence-corrected chi connectivity index (χ2v) is 17.8. The molecule has 0 unspecified atom stereocenters. The summed E-state index contributed by atoms with van der Waals surface area (Å²) in [5.41, 5.74) is 0. The van der Waals surface area contributed by atoms with Gasteiger partial charge in [-0.05, 0) is 51.4 Å². The van der Waals surface area contributed by atoms with Gasteiger partial charge in [-0.3, -0.25) is 18.5 Å². The largest absolute Gasteiger partial charge is 0.461 e. The molecule has 0 aromatic rings. The van der Waals surface area contributed by atoms with E-state index in [1.165, 1.54) is 0 Å².